The van der Waals surface area contributed by atoms with E-state index in [1.165, 1.54) is 0 Å². The van der Waals surface area contributed by atoms with Gasteiger partial charge in [0.15, 0.2) is 6.61 Å². The van der Waals surface area contributed by atoms with Crippen LogP contribution in [0.1, 0.15) is 30.5 Å². The molecule has 0 spiro atoms. The normalized spacial score (nSPS) is 11.7. The summed E-state index contributed by atoms with van der Waals surface area (Å²) in [6, 6.07) is 17.7. The van der Waals surface area contributed by atoms with Gasteiger partial charge in [0.2, 0.25) is 0 Å². The number of benzene rings is 2. The van der Waals surface area contributed by atoms with Crippen LogP contribution in [0.2, 0.25) is 0 Å². The summed E-state index contributed by atoms with van der Waals surface area (Å²) in [6.45, 7) is 4.06. The highest BCUT2D eigenvalue weighted by atomic mass is 16.5. The summed E-state index contributed by atoms with van der Waals surface area (Å²) in [5, 5.41) is 3.01. The predicted molar refractivity (Wildman–Crippen MR) is 84.3 cm³/mol. The monoisotopic (exact) mass is 283 g/mol. The van der Waals surface area contributed by atoms with Gasteiger partial charge in [-0.25, -0.2) is 0 Å². The molecule has 110 valence electrons. The summed E-state index contributed by atoms with van der Waals surface area (Å²) in [4.78, 5) is 12.0. The summed E-state index contributed by atoms with van der Waals surface area (Å²) in [5.74, 6) is 0.648. The Morgan fingerprint density at radius 3 is 2.43 bits per heavy atom. The van der Waals surface area contributed by atoms with Gasteiger partial charge >= 0.3 is 0 Å². The van der Waals surface area contributed by atoms with E-state index < -0.39 is 0 Å². The highest BCUT2D eigenvalue weighted by molar-refractivity contribution is 5.78. The Labute approximate surface area is 126 Å². The van der Waals surface area contributed by atoms with Crippen molar-refractivity contribution in [2.45, 2.75) is 26.3 Å². The van der Waals surface area contributed by atoms with Gasteiger partial charge in [0.05, 0.1) is 6.04 Å². The third-order valence-corrected chi connectivity index (χ3v) is 3.40. The maximum Gasteiger partial charge on any atom is 0.258 e. The van der Waals surface area contributed by atoms with Gasteiger partial charge in [0.1, 0.15) is 5.75 Å². The molecule has 0 saturated heterocycles. The van der Waals surface area contributed by atoms with E-state index in [9.17, 15) is 4.79 Å². The first-order valence-electron chi connectivity index (χ1n) is 7.23. The lowest BCUT2D eigenvalue weighted by Gasteiger charge is -2.18. The molecule has 0 radical (unpaired) electrons. The molecule has 2 rings (SSSR count). The fraction of sp³-hybridized carbons (Fsp3) is 0.278. The molecule has 3 nitrogen and oxygen atoms in total. The molecule has 2 aromatic rings. The third kappa shape index (κ3) is 4.35. The molecule has 21 heavy (non-hydrogen) atoms. The van der Waals surface area contributed by atoms with Crippen molar-refractivity contribution in [1.29, 1.82) is 0 Å². The standard InChI is InChI=1S/C18H21NO2/c1-3-16(15-10-5-4-6-11-15)19-18(20)13-21-17-12-8-7-9-14(17)2/h4-12,16H,3,13H2,1-2H3,(H,19,20)/t16-/m0/s1. The quantitative estimate of drug-likeness (QED) is 0.879. The van der Waals surface area contributed by atoms with Gasteiger partial charge in [-0.1, -0.05) is 55.5 Å². The number of nitrogens with one attached hydrogen (secondary N) is 1. The lowest BCUT2D eigenvalue weighted by molar-refractivity contribution is -0.123. The Kier molecular flexibility index (Phi) is 5.38. The minimum Gasteiger partial charge on any atom is -0.484 e. The van der Waals surface area contributed by atoms with E-state index >= 15 is 0 Å². The van der Waals surface area contributed by atoms with Crippen LogP contribution in [-0.4, -0.2) is 12.5 Å². The Hall–Kier alpha value is -2.29. The number of carbonyl (C=O) groups excluding carboxylic acids is 1. The van der Waals surface area contributed by atoms with Crippen LogP contribution in [0.4, 0.5) is 0 Å². The van der Waals surface area contributed by atoms with Gasteiger partial charge in [0.25, 0.3) is 5.91 Å². The lowest BCUT2D eigenvalue weighted by Crippen LogP contribution is -2.32. The van der Waals surface area contributed by atoms with Gasteiger partial charge in [-0.3, -0.25) is 4.79 Å². The molecule has 0 fully saturated rings. The van der Waals surface area contributed by atoms with Crippen molar-refractivity contribution in [3.8, 4) is 5.75 Å². The summed E-state index contributed by atoms with van der Waals surface area (Å²) >= 11 is 0. The molecule has 0 aromatic heterocycles. The largest absolute Gasteiger partial charge is 0.484 e. The van der Waals surface area contributed by atoms with Gasteiger partial charge in [-0.2, -0.15) is 0 Å². The topological polar surface area (TPSA) is 38.3 Å². The van der Waals surface area contributed by atoms with Crippen molar-refractivity contribution in [2.24, 2.45) is 0 Å². The lowest BCUT2D eigenvalue weighted by atomic mass is 10.0. The molecule has 1 amide bonds. The highest BCUT2D eigenvalue weighted by Crippen LogP contribution is 2.17. The van der Waals surface area contributed by atoms with E-state index in [1.54, 1.807) is 0 Å². The van der Waals surface area contributed by atoms with E-state index in [0.29, 0.717) is 0 Å². The average molecular weight is 283 g/mol. The van der Waals surface area contributed by atoms with Crippen molar-refractivity contribution in [1.82, 2.24) is 5.32 Å². The molecule has 0 aliphatic rings. The fourth-order valence-corrected chi connectivity index (χ4v) is 2.20. The second-order valence-corrected chi connectivity index (χ2v) is 4.99. The van der Waals surface area contributed by atoms with E-state index in [2.05, 4.69) is 12.2 Å². The van der Waals surface area contributed by atoms with E-state index in [1.807, 2.05) is 61.5 Å². The number of hydrogen-bond donors (Lipinski definition) is 1. The number of hydrogen-bond acceptors (Lipinski definition) is 2. The number of rotatable bonds is 6. The molecule has 2 aromatic carbocycles. The number of amides is 1. The summed E-state index contributed by atoms with van der Waals surface area (Å²) in [7, 11) is 0. The summed E-state index contributed by atoms with van der Waals surface area (Å²) < 4.78 is 5.57. The van der Waals surface area contributed by atoms with Crippen LogP contribution in [0.3, 0.4) is 0 Å². The number of carbonyl (C=O) groups is 1. The second-order valence-electron chi connectivity index (χ2n) is 4.99. The maximum atomic E-state index is 12.0. The molecule has 0 saturated carbocycles. The number of ether oxygens (including phenoxy) is 1. The Morgan fingerprint density at radius 1 is 1.10 bits per heavy atom. The van der Waals surface area contributed by atoms with Crippen LogP contribution in [0, 0.1) is 6.92 Å². The molecule has 1 atom stereocenters. The van der Waals surface area contributed by atoms with Gasteiger partial charge in [-0.05, 0) is 30.5 Å². The summed E-state index contributed by atoms with van der Waals surface area (Å²) in [5.41, 5.74) is 2.14. The third-order valence-electron chi connectivity index (χ3n) is 3.40. The van der Waals surface area contributed by atoms with Crippen LogP contribution in [0.5, 0.6) is 5.75 Å². The van der Waals surface area contributed by atoms with Gasteiger partial charge in [-0.15, -0.1) is 0 Å². The fourth-order valence-electron chi connectivity index (χ4n) is 2.20. The minimum atomic E-state index is -0.103. The summed E-state index contributed by atoms with van der Waals surface area (Å²) in [6.07, 6.45) is 0.847. The number of aryl methyl sites for hydroxylation is 1. The zero-order chi connectivity index (χ0) is 15.1. The van der Waals surface area contributed by atoms with Crippen molar-refractivity contribution >= 4 is 5.91 Å². The van der Waals surface area contributed by atoms with Crippen molar-refractivity contribution < 1.29 is 9.53 Å². The Morgan fingerprint density at radius 2 is 1.76 bits per heavy atom. The second kappa shape index (κ2) is 7.48. The molecule has 1 N–H and O–H groups in total. The first-order valence-corrected chi connectivity index (χ1v) is 7.23. The molecule has 0 aliphatic heterocycles. The minimum absolute atomic E-state index is 0.0270. The van der Waals surface area contributed by atoms with Crippen LogP contribution < -0.4 is 10.1 Å². The van der Waals surface area contributed by atoms with Crippen molar-refractivity contribution in [2.75, 3.05) is 6.61 Å². The first kappa shape index (κ1) is 15.1. The Bertz CT molecular complexity index is 581. The predicted octanol–water partition coefficient (Wildman–Crippen LogP) is 3.64. The van der Waals surface area contributed by atoms with Gasteiger partial charge < -0.3 is 10.1 Å². The maximum absolute atomic E-state index is 12.0. The Balaban J connectivity index is 1.90. The molecule has 0 heterocycles. The average Bonchev–Trinajstić information content (AvgIpc) is 2.52. The van der Waals surface area contributed by atoms with E-state index in [4.69, 9.17) is 4.74 Å². The van der Waals surface area contributed by atoms with E-state index in [0.717, 1.165) is 23.3 Å². The van der Waals surface area contributed by atoms with Crippen molar-refractivity contribution in [3.05, 3.63) is 65.7 Å². The van der Waals surface area contributed by atoms with E-state index in [-0.39, 0.29) is 18.6 Å². The zero-order valence-electron chi connectivity index (χ0n) is 12.5. The molecular formula is C18H21NO2. The van der Waals surface area contributed by atoms with Crippen LogP contribution in [0.25, 0.3) is 0 Å². The smallest absolute Gasteiger partial charge is 0.258 e. The molecule has 0 unspecified atom stereocenters. The van der Waals surface area contributed by atoms with Crippen LogP contribution in [-0.2, 0) is 4.79 Å². The van der Waals surface area contributed by atoms with Crippen molar-refractivity contribution in [3.63, 3.8) is 0 Å². The highest BCUT2D eigenvalue weighted by Gasteiger charge is 2.12. The SMILES string of the molecule is CC[C@H](NC(=O)COc1ccccc1C)c1ccccc1. The van der Waals surface area contributed by atoms with Crippen LogP contribution >= 0.6 is 0 Å². The van der Waals surface area contributed by atoms with Crippen LogP contribution in [0.15, 0.2) is 54.6 Å². The zero-order valence-corrected chi connectivity index (χ0v) is 12.5. The van der Waals surface area contributed by atoms with Gasteiger partial charge in [0, 0.05) is 0 Å². The molecular weight excluding hydrogens is 262 g/mol. The first-order chi connectivity index (χ1) is 10.2. The molecule has 0 aliphatic carbocycles. The number of para-hydroxylation sites is 1. The molecule has 0 bridgehead atoms. The molecule has 3 heteroatoms.